The van der Waals surface area contributed by atoms with Gasteiger partial charge in [-0.3, -0.25) is 9.89 Å². The predicted molar refractivity (Wildman–Crippen MR) is 111 cm³/mol. The molecule has 1 heterocycles. The van der Waals surface area contributed by atoms with E-state index < -0.39 is 0 Å². The van der Waals surface area contributed by atoms with Crippen molar-refractivity contribution in [1.29, 1.82) is 0 Å². The molecule has 1 aromatic carbocycles. The molecule has 1 unspecified atom stereocenters. The van der Waals surface area contributed by atoms with Crippen molar-refractivity contribution in [1.82, 2.24) is 15.5 Å². The quantitative estimate of drug-likeness (QED) is 0.292. The molecule has 0 fully saturated rings. The predicted octanol–water partition coefficient (Wildman–Crippen LogP) is 2.25. The lowest BCUT2D eigenvalue weighted by molar-refractivity contribution is 0.195. The number of nitrogens with one attached hydrogen (secondary N) is 2. The summed E-state index contributed by atoms with van der Waals surface area (Å²) in [5, 5.41) is 6.57. The Labute approximate surface area is 163 Å². The molecule has 6 heteroatoms. The largest absolute Gasteiger partial charge is 0.383 e. The van der Waals surface area contributed by atoms with Gasteiger partial charge in [0.2, 0.25) is 0 Å². The van der Waals surface area contributed by atoms with E-state index in [4.69, 9.17) is 9.73 Å². The number of aliphatic imine (C=N–C) groups is 1. The average Bonchev–Trinajstić information content (AvgIpc) is 2.59. The molecule has 24 heavy (non-hydrogen) atoms. The number of benzene rings is 1. The molecule has 0 bridgehead atoms. The van der Waals surface area contributed by atoms with E-state index in [1.807, 2.05) is 0 Å². The van der Waals surface area contributed by atoms with Gasteiger partial charge in [0.1, 0.15) is 0 Å². The van der Waals surface area contributed by atoms with E-state index in [1.54, 1.807) is 7.11 Å². The van der Waals surface area contributed by atoms with Gasteiger partial charge < -0.3 is 15.4 Å². The Hall–Kier alpha value is -0.860. The lowest BCUT2D eigenvalue weighted by Gasteiger charge is -2.33. The van der Waals surface area contributed by atoms with Crippen molar-refractivity contribution in [2.24, 2.45) is 4.99 Å². The van der Waals surface area contributed by atoms with Crippen LogP contribution in [-0.4, -0.2) is 56.8 Å². The number of guanidine groups is 1. The van der Waals surface area contributed by atoms with Gasteiger partial charge in [-0.2, -0.15) is 0 Å². The Morgan fingerprint density at radius 1 is 1.29 bits per heavy atom. The summed E-state index contributed by atoms with van der Waals surface area (Å²) in [4.78, 5) is 7.23. The van der Waals surface area contributed by atoms with Crippen LogP contribution in [0, 0.1) is 0 Å². The highest BCUT2D eigenvalue weighted by Crippen LogP contribution is 2.20. The number of fused-ring (bicyclic) bond motifs is 1. The second-order valence-electron chi connectivity index (χ2n) is 5.98. The molecule has 2 N–H and O–H groups in total. The van der Waals surface area contributed by atoms with Crippen LogP contribution in [-0.2, 0) is 17.7 Å². The maximum Gasteiger partial charge on any atom is 0.191 e. The maximum atomic E-state index is 5.07. The summed E-state index contributed by atoms with van der Waals surface area (Å²) in [6.07, 6.45) is 1.14. The van der Waals surface area contributed by atoms with Gasteiger partial charge in [-0.25, -0.2) is 0 Å². The van der Waals surface area contributed by atoms with E-state index in [1.165, 1.54) is 11.1 Å². The molecule has 2 rings (SSSR count). The van der Waals surface area contributed by atoms with Gasteiger partial charge in [0.15, 0.2) is 5.96 Å². The molecule has 0 amide bonds. The van der Waals surface area contributed by atoms with Crippen LogP contribution in [0.15, 0.2) is 29.3 Å². The molecule has 1 aromatic rings. The van der Waals surface area contributed by atoms with E-state index in [0.29, 0.717) is 12.6 Å². The third-order valence-electron chi connectivity index (χ3n) is 4.24. The van der Waals surface area contributed by atoms with Gasteiger partial charge in [-0.1, -0.05) is 24.3 Å². The molecule has 1 aliphatic rings. The Balaban J connectivity index is 0.00000288. The zero-order valence-electron chi connectivity index (χ0n) is 15.0. The van der Waals surface area contributed by atoms with Gasteiger partial charge >= 0.3 is 0 Å². The zero-order valence-corrected chi connectivity index (χ0v) is 17.4. The summed E-state index contributed by atoms with van der Waals surface area (Å²) in [6.45, 7) is 9.60. The molecule has 1 atom stereocenters. The Morgan fingerprint density at radius 3 is 2.75 bits per heavy atom. The van der Waals surface area contributed by atoms with E-state index in [-0.39, 0.29) is 24.0 Å². The van der Waals surface area contributed by atoms with Crippen LogP contribution in [0.3, 0.4) is 0 Å². The fourth-order valence-electron chi connectivity index (χ4n) is 2.85. The fraction of sp³-hybridized carbons (Fsp3) is 0.611. The molecule has 0 radical (unpaired) electrons. The SMILES string of the molecule is CCNC(=NCC(C)N1CCc2ccccc2C1)NCCOC.I. The number of ether oxygens (including phenoxy) is 1. The van der Waals surface area contributed by atoms with Gasteiger partial charge in [0.25, 0.3) is 0 Å². The first kappa shape index (κ1) is 21.2. The first-order valence-corrected chi connectivity index (χ1v) is 8.56. The number of hydrogen-bond donors (Lipinski definition) is 2. The minimum absolute atomic E-state index is 0. The smallest absolute Gasteiger partial charge is 0.191 e. The third-order valence-corrected chi connectivity index (χ3v) is 4.24. The van der Waals surface area contributed by atoms with Crippen molar-refractivity contribution in [2.75, 3.05) is 39.9 Å². The molecule has 0 spiro atoms. The van der Waals surface area contributed by atoms with Gasteiger partial charge in [0, 0.05) is 39.3 Å². The van der Waals surface area contributed by atoms with Crippen molar-refractivity contribution in [2.45, 2.75) is 32.9 Å². The first-order chi connectivity index (χ1) is 11.2. The molecule has 0 aliphatic carbocycles. The zero-order chi connectivity index (χ0) is 16.5. The van der Waals surface area contributed by atoms with Gasteiger partial charge in [-0.05, 0) is 31.4 Å². The lowest BCUT2D eigenvalue weighted by atomic mass is 9.99. The maximum absolute atomic E-state index is 5.07. The highest BCUT2D eigenvalue weighted by Gasteiger charge is 2.20. The number of rotatable bonds is 7. The molecule has 5 nitrogen and oxygen atoms in total. The molecule has 0 aromatic heterocycles. The van der Waals surface area contributed by atoms with Crippen molar-refractivity contribution in [3.05, 3.63) is 35.4 Å². The minimum atomic E-state index is 0. The molecule has 0 saturated heterocycles. The minimum Gasteiger partial charge on any atom is -0.383 e. The number of nitrogens with zero attached hydrogens (tertiary/aromatic N) is 2. The van der Waals surface area contributed by atoms with Crippen LogP contribution in [0.25, 0.3) is 0 Å². The van der Waals surface area contributed by atoms with E-state index in [9.17, 15) is 0 Å². The summed E-state index contributed by atoms with van der Waals surface area (Å²) in [7, 11) is 1.71. The molecule has 0 saturated carbocycles. The van der Waals surface area contributed by atoms with Crippen LogP contribution in [0.1, 0.15) is 25.0 Å². The van der Waals surface area contributed by atoms with Crippen molar-refractivity contribution in [3.8, 4) is 0 Å². The van der Waals surface area contributed by atoms with E-state index in [0.717, 1.165) is 45.1 Å². The normalized spacial score (nSPS) is 16.0. The summed E-state index contributed by atoms with van der Waals surface area (Å²) in [5.74, 6) is 0.869. The highest BCUT2D eigenvalue weighted by atomic mass is 127. The van der Waals surface area contributed by atoms with Crippen LogP contribution in [0.4, 0.5) is 0 Å². The number of methoxy groups -OCH3 is 1. The summed E-state index contributed by atoms with van der Waals surface area (Å²) in [5.41, 5.74) is 2.95. The highest BCUT2D eigenvalue weighted by molar-refractivity contribution is 14.0. The third kappa shape index (κ3) is 6.57. The second-order valence-corrected chi connectivity index (χ2v) is 5.98. The average molecular weight is 446 g/mol. The first-order valence-electron chi connectivity index (χ1n) is 8.56. The summed E-state index contributed by atoms with van der Waals surface area (Å²) in [6, 6.07) is 9.19. The van der Waals surface area contributed by atoms with E-state index >= 15 is 0 Å². The number of hydrogen-bond acceptors (Lipinski definition) is 3. The Bertz CT molecular complexity index is 510. The second kappa shape index (κ2) is 11.7. The van der Waals surface area contributed by atoms with Crippen LogP contribution < -0.4 is 10.6 Å². The topological polar surface area (TPSA) is 48.9 Å². The summed E-state index contributed by atoms with van der Waals surface area (Å²) < 4.78 is 5.07. The van der Waals surface area contributed by atoms with Gasteiger partial charge in [0.05, 0.1) is 13.2 Å². The number of halogens is 1. The molecule has 136 valence electrons. The molecular weight excluding hydrogens is 415 g/mol. The molecular formula is C18H31IN4O. The van der Waals surface area contributed by atoms with Crippen molar-refractivity contribution < 1.29 is 4.74 Å². The van der Waals surface area contributed by atoms with Gasteiger partial charge in [-0.15, -0.1) is 24.0 Å². The van der Waals surface area contributed by atoms with Crippen LogP contribution in [0.2, 0.25) is 0 Å². The summed E-state index contributed by atoms with van der Waals surface area (Å²) >= 11 is 0. The monoisotopic (exact) mass is 446 g/mol. The Kier molecular flexibility index (Phi) is 10.3. The van der Waals surface area contributed by atoms with E-state index in [2.05, 4.69) is 53.6 Å². The van der Waals surface area contributed by atoms with Crippen LogP contribution in [0.5, 0.6) is 0 Å². The van der Waals surface area contributed by atoms with Crippen LogP contribution >= 0.6 is 24.0 Å². The Morgan fingerprint density at radius 2 is 2.04 bits per heavy atom. The van der Waals surface area contributed by atoms with Crippen molar-refractivity contribution >= 4 is 29.9 Å². The van der Waals surface area contributed by atoms with Crippen molar-refractivity contribution in [3.63, 3.8) is 0 Å². The molecule has 1 aliphatic heterocycles. The standard InChI is InChI=1S/C18H30N4O.HI/c1-4-19-18(20-10-12-23-3)21-13-15(2)22-11-9-16-7-5-6-8-17(16)14-22;/h5-8,15H,4,9-14H2,1-3H3,(H2,19,20,21);1H. The lowest BCUT2D eigenvalue weighted by Crippen LogP contribution is -2.42. The fourth-order valence-corrected chi connectivity index (χ4v) is 2.85.